The van der Waals surface area contributed by atoms with Crippen molar-refractivity contribution in [2.24, 2.45) is 5.73 Å². The third-order valence-corrected chi connectivity index (χ3v) is 3.22. The number of halogens is 1. The molecule has 0 saturated heterocycles. The van der Waals surface area contributed by atoms with Crippen LogP contribution < -0.4 is 20.5 Å². The lowest BCUT2D eigenvalue weighted by molar-refractivity contribution is -0.121. The largest absolute Gasteiger partial charge is 0.493 e. The van der Waals surface area contributed by atoms with Crippen LogP contribution in [0.4, 0.5) is 0 Å². The number of rotatable bonds is 8. The average molecular weight is 331 g/mol. The molecule has 1 aromatic carbocycles. The van der Waals surface area contributed by atoms with Gasteiger partial charge in [-0.25, -0.2) is 0 Å². The lowest BCUT2D eigenvalue weighted by Gasteiger charge is -2.16. The normalized spacial score (nSPS) is 12.8. The minimum atomic E-state index is 0. The van der Waals surface area contributed by atoms with Crippen LogP contribution in [0.1, 0.15) is 32.3 Å². The Labute approximate surface area is 139 Å². The van der Waals surface area contributed by atoms with Crippen LogP contribution in [0, 0.1) is 0 Å². The van der Waals surface area contributed by atoms with Gasteiger partial charge in [0.15, 0.2) is 11.5 Å². The van der Waals surface area contributed by atoms with Crippen LogP contribution in [0.15, 0.2) is 18.2 Å². The summed E-state index contributed by atoms with van der Waals surface area (Å²) in [5.41, 5.74) is 6.74. The van der Waals surface area contributed by atoms with Gasteiger partial charge in [0.25, 0.3) is 0 Å². The summed E-state index contributed by atoms with van der Waals surface area (Å²) in [5.74, 6) is 1.45. The van der Waals surface area contributed by atoms with E-state index in [1.54, 1.807) is 14.2 Å². The van der Waals surface area contributed by atoms with Gasteiger partial charge in [-0.2, -0.15) is 0 Å². The molecule has 1 rings (SSSR count). The van der Waals surface area contributed by atoms with Crippen molar-refractivity contribution in [2.45, 2.75) is 45.2 Å². The van der Waals surface area contributed by atoms with E-state index in [-0.39, 0.29) is 30.4 Å². The van der Waals surface area contributed by atoms with Crippen LogP contribution in [0.5, 0.6) is 11.5 Å². The highest BCUT2D eigenvalue weighted by Crippen LogP contribution is 2.27. The van der Waals surface area contributed by atoms with Gasteiger partial charge >= 0.3 is 0 Å². The highest BCUT2D eigenvalue weighted by molar-refractivity contribution is 5.85. The molecule has 6 heteroatoms. The molecule has 126 valence electrons. The molecule has 0 aromatic heterocycles. The number of hydrogen-bond acceptors (Lipinski definition) is 4. The summed E-state index contributed by atoms with van der Waals surface area (Å²) in [6.45, 7) is 3.89. The lowest BCUT2D eigenvalue weighted by Crippen LogP contribution is -2.34. The maximum Gasteiger partial charge on any atom is 0.220 e. The second kappa shape index (κ2) is 10.3. The molecule has 3 N–H and O–H groups in total. The summed E-state index contributed by atoms with van der Waals surface area (Å²) < 4.78 is 10.5. The summed E-state index contributed by atoms with van der Waals surface area (Å²) in [7, 11) is 3.22. The SMILES string of the molecule is COc1ccc(CC(C)NC(=O)CCC(C)N)cc1OC.Cl. The first-order valence-corrected chi connectivity index (χ1v) is 7.22. The van der Waals surface area contributed by atoms with Gasteiger partial charge in [0.2, 0.25) is 5.91 Å². The Bertz CT molecular complexity index is 467. The molecule has 5 nitrogen and oxygen atoms in total. The Morgan fingerprint density at radius 3 is 2.41 bits per heavy atom. The van der Waals surface area contributed by atoms with Gasteiger partial charge in [-0.3, -0.25) is 4.79 Å². The van der Waals surface area contributed by atoms with E-state index >= 15 is 0 Å². The molecule has 0 aliphatic carbocycles. The quantitative estimate of drug-likeness (QED) is 0.767. The molecule has 0 aliphatic heterocycles. The van der Waals surface area contributed by atoms with E-state index in [2.05, 4.69) is 5.32 Å². The Hall–Kier alpha value is -1.46. The molecule has 0 saturated carbocycles. The molecular weight excluding hydrogens is 304 g/mol. The summed E-state index contributed by atoms with van der Waals surface area (Å²) in [6, 6.07) is 5.90. The van der Waals surface area contributed by atoms with Crippen LogP contribution in [-0.2, 0) is 11.2 Å². The van der Waals surface area contributed by atoms with Crippen molar-refractivity contribution in [3.05, 3.63) is 23.8 Å². The minimum Gasteiger partial charge on any atom is -0.493 e. The fourth-order valence-electron chi connectivity index (χ4n) is 2.12. The number of nitrogens with two attached hydrogens (primary N) is 1. The van der Waals surface area contributed by atoms with Crippen molar-refractivity contribution in [2.75, 3.05) is 14.2 Å². The predicted molar refractivity (Wildman–Crippen MR) is 91.0 cm³/mol. The first-order chi connectivity index (χ1) is 9.96. The van der Waals surface area contributed by atoms with Crippen molar-refractivity contribution in [1.29, 1.82) is 0 Å². The fraction of sp³-hybridized carbons (Fsp3) is 0.562. The molecule has 2 unspecified atom stereocenters. The van der Waals surface area contributed by atoms with Crippen molar-refractivity contribution in [3.8, 4) is 11.5 Å². The van der Waals surface area contributed by atoms with Gasteiger partial charge in [-0.05, 0) is 44.4 Å². The number of ether oxygens (including phenoxy) is 2. The maximum atomic E-state index is 11.8. The Kier molecular flexibility index (Phi) is 9.61. The van der Waals surface area contributed by atoms with Crippen molar-refractivity contribution in [1.82, 2.24) is 5.32 Å². The zero-order chi connectivity index (χ0) is 15.8. The third-order valence-electron chi connectivity index (χ3n) is 3.22. The maximum absolute atomic E-state index is 11.8. The first kappa shape index (κ1) is 20.5. The van der Waals surface area contributed by atoms with E-state index in [1.807, 2.05) is 32.0 Å². The van der Waals surface area contributed by atoms with E-state index < -0.39 is 0 Å². The van der Waals surface area contributed by atoms with E-state index in [9.17, 15) is 4.79 Å². The van der Waals surface area contributed by atoms with Gasteiger partial charge in [-0.15, -0.1) is 12.4 Å². The molecule has 22 heavy (non-hydrogen) atoms. The van der Waals surface area contributed by atoms with Crippen LogP contribution in [0.3, 0.4) is 0 Å². The van der Waals surface area contributed by atoms with Gasteiger partial charge in [0.05, 0.1) is 14.2 Å². The van der Waals surface area contributed by atoms with E-state index in [0.29, 0.717) is 24.3 Å². The number of amides is 1. The summed E-state index contributed by atoms with van der Waals surface area (Å²) >= 11 is 0. The zero-order valence-electron chi connectivity index (χ0n) is 13.7. The Balaban J connectivity index is 0.00000441. The highest BCUT2D eigenvalue weighted by atomic mass is 35.5. The van der Waals surface area contributed by atoms with E-state index in [4.69, 9.17) is 15.2 Å². The summed E-state index contributed by atoms with van der Waals surface area (Å²) in [6.07, 6.45) is 1.91. The molecule has 1 amide bonds. The number of hydrogen-bond donors (Lipinski definition) is 2. The molecule has 0 fully saturated rings. The number of carbonyl (C=O) groups excluding carboxylic acids is 1. The highest BCUT2D eigenvalue weighted by Gasteiger charge is 2.11. The van der Waals surface area contributed by atoms with Gasteiger partial charge in [0.1, 0.15) is 0 Å². The molecule has 2 atom stereocenters. The second-order valence-corrected chi connectivity index (χ2v) is 5.38. The van der Waals surface area contributed by atoms with Crippen LogP contribution in [-0.4, -0.2) is 32.2 Å². The van der Waals surface area contributed by atoms with Crippen LogP contribution in [0.2, 0.25) is 0 Å². The van der Waals surface area contributed by atoms with Gasteiger partial charge in [-0.1, -0.05) is 6.07 Å². The van der Waals surface area contributed by atoms with Crippen molar-refractivity contribution in [3.63, 3.8) is 0 Å². The van der Waals surface area contributed by atoms with E-state index in [0.717, 1.165) is 12.0 Å². The fourth-order valence-corrected chi connectivity index (χ4v) is 2.12. The molecular formula is C16H27ClN2O3. The van der Waals surface area contributed by atoms with Gasteiger partial charge in [0, 0.05) is 18.5 Å². The molecule has 0 aliphatic rings. The Morgan fingerprint density at radius 2 is 1.86 bits per heavy atom. The topological polar surface area (TPSA) is 73.6 Å². The van der Waals surface area contributed by atoms with Crippen LogP contribution >= 0.6 is 12.4 Å². The number of nitrogens with one attached hydrogen (secondary N) is 1. The zero-order valence-corrected chi connectivity index (χ0v) is 14.5. The predicted octanol–water partition coefficient (Wildman–Crippen LogP) is 2.30. The first-order valence-electron chi connectivity index (χ1n) is 7.22. The number of methoxy groups -OCH3 is 2. The van der Waals surface area contributed by atoms with Gasteiger partial charge < -0.3 is 20.5 Å². The van der Waals surface area contributed by atoms with Crippen molar-refractivity contribution >= 4 is 18.3 Å². The van der Waals surface area contributed by atoms with Crippen molar-refractivity contribution < 1.29 is 14.3 Å². The number of carbonyl (C=O) groups is 1. The molecule has 1 aromatic rings. The summed E-state index contributed by atoms with van der Waals surface area (Å²) in [4.78, 5) is 11.8. The molecule has 0 heterocycles. The lowest BCUT2D eigenvalue weighted by atomic mass is 10.1. The minimum absolute atomic E-state index is 0. The molecule has 0 spiro atoms. The smallest absolute Gasteiger partial charge is 0.220 e. The molecule has 0 bridgehead atoms. The monoisotopic (exact) mass is 330 g/mol. The third kappa shape index (κ3) is 7.00. The standard InChI is InChI=1S/C16H26N2O3.ClH/c1-11(17)5-8-16(19)18-12(2)9-13-6-7-14(20-3)15(10-13)21-4;/h6-7,10-12H,5,8-9,17H2,1-4H3,(H,18,19);1H. The Morgan fingerprint density at radius 1 is 1.23 bits per heavy atom. The van der Waals surface area contributed by atoms with E-state index in [1.165, 1.54) is 0 Å². The second-order valence-electron chi connectivity index (χ2n) is 5.38. The summed E-state index contributed by atoms with van der Waals surface area (Å²) in [5, 5.41) is 2.98. The number of benzene rings is 1. The average Bonchev–Trinajstić information content (AvgIpc) is 2.44. The molecule has 0 radical (unpaired) electrons. The van der Waals surface area contributed by atoms with Crippen LogP contribution in [0.25, 0.3) is 0 Å².